The minimum absolute atomic E-state index is 0.140. The van der Waals surface area contributed by atoms with Crippen molar-refractivity contribution in [1.82, 2.24) is 5.01 Å². The van der Waals surface area contributed by atoms with Crippen LogP contribution in [0.4, 0.5) is 5.69 Å². The summed E-state index contributed by atoms with van der Waals surface area (Å²) >= 11 is 6.22. The highest BCUT2D eigenvalue weighted by atomic mass is 35.5. The van der Waals surface area contributed by atoms with Gasteiger partial charge in [0, 0.05) is 19.7 Å². The third-order valence-electron chi connectivity index (χ3n) is 4.12. The summed E-state index contributed by atoms with van der Waals surface area (Å²) in [7, 11) is 3.36. The van der Waals surface area contributed by atoms with E-state index in [1.807, 2.05) is 36.4 Å². The van der Waals surface area contributed by atoms with E-state index in [4.69, 9.17) is 16.3 Å². The summed E-state index contributed by atoms with van der Waals surface area (Å²) in [6.45, 7) is 0. The number of carbonyl (C=O) groups is 1. The molecule has 0 spiro atoms. The number of benzene rings is 2. The van der Waals surface area contributed by atoms with Crippen molar-refractivity contribution in [2.45, 2.75) is 12.6 Å². The summed E-state index contributed by atoms with van der Waals surface area (Å²) < 4.78 is 5.12. The predicted molar refractivity (Wildman–Crippen MR) is 97.5 cm³/mol. The number of methoxy groups -OCH3 is 1. The van der Waals surface area contributed by atoms with Crippen LogP contribution < -0.4 is 9.75 Å². The summed E-state index contributed by atoms with van der Waals surface area (Å²) in [5, 5.41) is 14.4. The second kappa shape index (κ2) is 7.17. The summed E-state index contributed by atoms with van der Waals surface area (Å²) in [6, 6.07) is 14.5. The first-order valence-electron chi connectivity index (χ1n) is 7.83. The topological polar surface area (TPSA) is 53.0 Å². The minimum Gasteiger partial charge on any atom is -0.497 e. The summed E-state index contributed by atoms with van der Waals surface area (Å²) in [4.78, 5) is 12.6. The molecule has 2 aromatic carbocycles. The van der Waals surface area contributed by atoms with Crippen molar-refractivity contribution in [1.29, 1.82) is 0 Å². The first-order valence-corrected chi connectivity index (χ1v) is 8.21. The predicted octanol–water partition coefficient (Wildman–Crippen LogP) is 3.03. The van der Waals surface area contributed by atoms with Gasteiger partial charge in [-0.15, -0.1) is 0 Å². The Morgan fingerprint density at radius 1 is 1.20 bits per heavy atom. The average Bonchev–Trinajstić information content (AvgIpc) is 2.91. The summed E-state index contributed by atoms with van der Waals surface area (Å²) in [5.41, 5.74) is 1.83. The molecule has 2 aromatic rings. The first-order chi connectivity index (χ1) is 12.0. The van der Waals surface area contributed by atoms with Crippen molar-refractivity contribution in [3.8, 4) is 5.75 Å². The van der Waals surface area contributed by atoms with Gasteiger partial charge in [-0.1, -0.05) is 35.9 Å². The van der Waals surface area contributed by atoms with Crippen LogP contribution >= 0.6 is 11.6 Å². The van der Waals surface area contributed by atoms with E-state index in [-0.39, 0.29) is 12.2 Å². The zero-order valence-electron chi connectivity index (χ0n) is 14.0. The number of ether oxygens (including phenoxy) is 1. The number of Topliss-reactive ketones (excluding diaryl/α,β-unsaturated/α-hetero) is 1. The third kappa shape index (κ3) is 3.48. The van der Waals surface area contributed by atoms with Crippen LogP contribution in [0.2, 0.25) is 5.02 Å². The molecule has 0 saturated heterocycles. The molecule has 3 rings (SSSR count). The van der Waals surface area contributed by atoms with Gasteiger partial charge in [-0.25, -0.2) is 0 Å². The number of anilines is 1. The lowest BCUT2D eigenvalue weighted by Gasteiger charge is -2.31. The maximum Gasteiger partial charge on any atom is 0.176 e. The smallest absolute Gasteiger partial charge is 0.176 e. The standard InChI is InChI=1S/C19H19ClN2O3/c1-21-12-15(18(23)11-13-7-9-14(25-2)10-8-13)19(24)22(21)17-6-4-3-5-16(17)20/h3-10,12,19,24H,11H2,1-2H3. The number of ketones is 1. The van der Waals surface area contributed by atoms with Crippen LogP contribution in [0.25, 0.3) is 0 Å². The molecule has 1 heterocycles. The van der Waals surface area contributed by atoms with Crippen LogP contribution in [-0.4, -0.2) is 36.3 Å². The molecule has 0 saturated carbocycles. The van der Waals surface area contributed by atoms with Crippen molar-refractivity contribution < 1.29 is 14.6 Å². The highest BCUT2D eigenvalue weighted by Crippen LogP contribution is 2.33. The van der Waals surface area contributed by atoms with Crippen LogP contribution in [0.3, 0.4) is 0 Å². The molecular formula is C19H19ClN2O3. The SMILES string of the molecule is COc1ccc(CC(=O)C2=CN(C)N(c3ccccc3Cl)C2O)cc1. The van der Waals surface area contributed by atoms with Gasteiger partial charge in [0.05, 0.1) is 23.4 Å². The number of carbonyl (C=O) groups excluding carboxylic acids is 1. The normalized spacial score (nSPS) is 16.8. The lowest BCUT2D eigenvalue weighted by atomic mass is 10.0. The van der Waals surface area contributed by atoms with Gasteiger partial charge in [0.15, 0.2) is 12.0 Å². The monoisotopic (exact) mass is 358 g/mol. The minimum atomic E-state index is -1.07. The third-order valence-corrected chi connectivity index (χ3v) is 4.44. The fourth-order valence-electron chi connectivity index (χ4n) is 2.82. The molecule has 1 unspecified atom stereocenters. The van der Waals surface area contributed by atoms with E-state index < -0.39 is 6.23 Å². The Kier molecular flexibility index (Phi) is 4.97. The molecule has 0 amide bonds. The van der Waals surface area contributed by atoms with E-state index in [0.717, 1.165) is 11.3 Å². The fourth-order valence-corrected chi connectivity index (χ4v) is 3.04. The second-order valence-corrected chi connectivity index (χ2v) is 6.18. The quantitative estimate of drug-likeness (QED) is 0.890. The van der Waals surface area contributed by atoms with Crippen LogP contribution in [0.15, 0.2) is 60.3 Å². The van der Waals surface area contributed by atoms with E-state index in [0.29, 0.717) is 16.3 Å². The number of aliphatic hydroxyl groups is 1. The van der Waals surface area contributed by atoms with Gasteiger partial charge in [0.25, 0.3) is 0 Å². The Labute approximate surface area is 151 Å². The van der Waals surface area contributed by atoms with Crippen LogP contribution in [0, 0.1) is 0 Å². The molecular weight excluding hydrogens is 340 g/mol. The Hall–Kier alpha value is -2.50. The van der Waals surface area contributed by atoms with E-state index in [1.165, 1.54) is 0 Å². The van der Waals surface area contributed by atoms with Gasteiger partial charge < -0.3 is 9.84 Å². The number of hydrogen-bond donors (Lipinski definition) is 1. The molecule has 6 heteroatoms. The zero-order valence-corrected chi connectivity index (χ0v) is 14.8. The van der Waals surface area contributed by atoms with Gasteiger partial charge in [0.1, 0.15) is 5.75 Å². The molecule has 25 heavy (non-hydrogen) atoms. The number of aliphatic hydroxyl groups excluding tert-OH is 1. The number of rotatable bonds is 5. The molecule has 0 bridgehead atoms. The van der Waals surface area contributed by atoms with Gasteiger partial charge in [0.2, 0.25) is 0 Å². The molecule has 0 aliphatic carbocycles. The summed E-state index contributed by atoms with van der Waals surface area (Å²) in [6.07, 6.45) is 0.771. The first kappa shape index (κ1) is 17.3. The maximum atomic E-state index is 12.6. The van der Waals surface area contributed by atoms with Crippen molar-refractivity contribution in [2.75, 3.05) is 19.2 Å². The molecule has 5 nitrogen and oxygen atoms in total. The molecule has 0 aromatic heterocycles. The van der Waals surface area contributed by atoms with Gasteiger partial charge >= 0.3 is 0 Å². The van der Waals surface area contributed by atoms with E-state index >= 15 is 0 Å². The second-order valence-electron chi connectivity index (χ2n) is 5.78. The van der Waals surface area contributed by atoms with Gasteiger partial charge in [-0.3, -0.25) is 14.8 Å². The molecule has 1 aliphatic rings. The highest BCUT2D eigenvalue weighted by Gasteiger charge is 2.34. The Morgan fingerprint density at radius 3 is 2.52 bits per heavy atom. The Morgan fingerprint density at radius 2 is 1.88 bits per heavy atom. The van der Waals surface area contributed by atoms with Crippen LogP contribution in [0.1, 0.15) is 5.56 Å². The molecule has 130 valence electrons. The van der Waals surface area contributed by atoms with Crippen molar-refractivity contribution >= 4 is 23.1 Å². The van der Waals surface area contributed by atoms with E-state index in [1.54, 1.807) is 42.5 Å². The van der Waals surface area contributed by atoms with Gasteiger partial charge in [-0.05, 0) is 29.8 Å². The lowest BCUT2D eigenvalue weighted by molar-refractivity contribution is -0.115. The molecule has 1 aliphatic heterocycles. The van der Waals surface area contributed by atoms with Crippen molar-refractivity contribution in [3.05, 3.63) is 70.9 Å². The number of nitrogens with zero attached hydrogens (tertiary/aromatic N) is 2. The van der Waals surface area contributed by atoms with Crippen molar-refractivity contribution in [3.63, 3.8) is 0 Å². The largest absolute Gasteiger partial charge is 0.497 e. The maximum absolute atomic E-state index is 12.6. The molecule has 1 atom stereocenters. The Balaban J connectivity index is 1.77. The number of hydrogen-bond acceptors (Lipinski definition) is 5. The fraction of sp³-hybridized carbons (Fsp3) is 0.211. The van der Waals surface area contributed by atoms with Crippen LogP contribution in [0.5, 0.6) is 5.75 Å². The van der Waals surface area contributed by atoms with E-state index in [2.05, 4.69) is 0 Å². The molecule has 1 N–H and O–H groups in total. The Bertz CT molecular complexity index is 805. The number of para-hydroxylation sites is 1. The number of halogens is 1. The molecule has 0 radical (unpaired) electrons. The highest BCUT2D eigenvalue weighted by molar-refractivity contribution is 6.33. The number of hydrazine groups is 1. The zero-order chi connectivity index (χ0) is 18.0. The summed E-state index contributed by atoms with van der Waals surface area (Å²) in [5.74, 6) is 0.597. The van der Waals surface area contributed by atoms with Crippen LogP contribution in [-0.2, 0) is 11.2 Å². The lowest BCUT2D eigenvalue weighted by Crippen LogP contribution is -2.40. The average molecular weight is 359 g/mol. The molecule has 0 fully saturated rings. The van der Waals surface area contributed by atoms with E-state index in [9.17, 15) is 9.90 Å². The van der Waals surface area contributed by atoms with Gasteiger partial charge in [-0.2, -0.15) is 0 Å². The van der Waals surface area contributed by atoms with Crippen molar-refractivity contribution in [2.24, 2.45) is 0 Å².